The number of nitrogens with zero attached hydrogens (tertiary/aromatic N) is 1. The molecule has 9 heteroatoms. The Bertz CT molecular complexity index is 1130. The van der Waals surface area contributed by atoms with Crippen molar-refractivity contribution < 1.29 is 38.4 Å². The van der Waals surface area contributed by atoms with E-state index in [1.165, 1.54) is 0 Å². The van der Waals surface area contributed by atoms with Gasteiger partial charge in [-0.2, -0.15) is 4.99 Å². The van der Waals surface area contributed by atoms with Crippen LogP contribution in [-0.4, -0.2) is 55.3 Å². The van der Waals surface area contributed by atoms with Crippen LogP contribution in [0.5, 0.6) is 0 Å². The third kappa shape index (κ3) is 5.93. The van der Waals surface area contributed by atoms with Gasteiger partial charge >= 0.3 is 6.16 Å². The van der Waals surface area contributed by atoms with Gasteiger partial charge in [-0.1, -0.05) is 60.7 Å². The molecule has 4 aliphatic rings. The second-order valence-corrected chi connectivity index (χ2v) is 10.5. The van der Waals surface area contributed by atoms with Gasteiger partial charge in [-0.15, -0.1) is 0 Å². The largest absolute Gasteiger partial charge is 0.506 e. The number of carbonyl (C=O) groups excluding carboxylic acids is 1. The van der Waals surface area contributed by atoms with Gasteiger partial charge in [0.2, 0.25) is 6.08 Å². The van der Waals surface area contributed by atoms with Gasteiger partial charge in [-0.3, -0.25) is 0 Å². The molecule has 2 aromatic carbocycles. The van der Waals surface area contributed by atoms with E-state index in [1.54, 1.807) is 6.08 Å². The van der Waals surface area contributed by atoms with E-state index in [1.807, 2.05) is 60.7 Å². The number of carbonyl (C=O) groups is 1. The van der Waals surface area contributed by atoms with E-state index in [4.69, 9.17) is 28.8 Å². The van der Waals surface area contributed by atoms with Crippen molar-refractivity contribution in [2.45, 2.75) is 74.1 Å². The van der Waals surface area contributed by atoms with Gasteiger partial charge in [0.25, 0.3) is 0 Å². The summed E-state index contributed by atoms with van der Waals surface area (Å²) in [4.78, 5) is 26.0. The van der Waals surface area contributed by atoms with Crippen LogP contribution in [0, 0.1) is 0 Å². The smallest absolute Gasteiger partial charge is 0.450 e. The molecule has 208 valence electrons. The summed E-state index contributed by atoms with van der Waals surface area (Å²) in [5.74, 6) is -0.961. The molecule has 2 saturated heterocycles. The molecule has 1 N–H and O–H groups in total. The first-order valence-corrected chi connectivity index (χ1v) is 13.6. The number of rotatable bonds is 4. The number of isocyanates is 1. The maximum absolute atomic E-state index is 11.1. The van der Waals surface area contributed by atoms with E-state index < -0.39 is 28.9 Å². The highest BCUT2D eigenvalue weighted by Crippen LogP contribution is 2.48. The van der Waals surface area contributed by atoms with Gasteiger partial charge in [0, 0.05) is 25.7 Å². The first kappa shape index (κ1) is 27.5. The van der Waals surface area contributed by atoms with Crippen LogP contribution >= 0.6 is 0 Å². The summed E-state index contributed by atoms with van der Waals surface area (Å²) >= 11 is 0. The van der Waals surface area contributed by atoms with Crippen LogP contribution < -0.4 is 0 Å². The second kappa shape index (κ2) is 11.6. The van der Waals surface area contributed by atoms with Crippen molar-refractivity contribution in [1.82, 2.24) is 0 Å². The summed E-state index contributed by atoms with van der Waals surface area (Å²) in [5.41, 5.74) is 0.735. The minimum atomic E-state index is -1.24. The van der Waals surface area contributed by atoms with Crippen LogP contribution in [0.4, 0.5) is 4.79 Å². The van der Waals surface area contributed by atoms with Crippen LogP contribution in [0.1, 0.15) is 62.5 Å². The molecule has 0 radical (unpaired) electrons. The Morgan fingerprint density at radius 3 is 1.56 bits per heavy atom. The lowest BCUT2D eigenvalue weighted by atomic mass is 9.75. The molecule has 2 spiro atoms. The summed E-state index contributed by atoms with van der Waals surface area (Å²) in [6, 6.07) is 19.5. The van der Waals surface area contributed by atoms with E-state index in [0.29, 0.717) is 52.1 Å². The Labute approximate surface area is 228 Å². The zero-order chi connectivity index (χ0) is 27.2. The van der Waals surface area contributed by atoms with Crippen molar-refractivity contribution in [1.29, 1.82) is 0 Å². The summed E-state index contributed by atoms with van der Waals surface area (Å²) in [5, 5.41) is 9.06. The van der Waals surface area contributed by atoms with Crippen LogP contribution in [0.2, 0.25) is 0 Å². The molecule has 0 aromatic heterocycles. The average Bonchev–Trinajstić information content (AvgIpc) is 3.63. The third-order valence-electron chi connectivity index (χ3n) is 8.44. The highest BCUT2D eigenvalue weighted by Gasteiger charge is 2.49. The van der Waals surface area contributed by atoms with Gasteiger partial charge in [0.05, 0.1) is 32.0 Å². The molecule has 0 amide bonds. The monoisotopic (exact) mass is 537 g/mol. The fourth-order valence-corrected chi connectivity index (χ4v) is 6.31. The maximum atomic E-state index is 11.1. The number of hydrogen-bond donors (Lipinski definition) is 1. The third-order valence-corrected chi connectivity index (χ3v) is 8.44. The number of hydrogen-bond acceptors (Lipinski definition) is 8. The molecular formula is C30H35NO8. The predicted molar refractivity (Wildman–Crippen MR) is 140 cm³/mol. The number of aliphatic imine (C=N–C) groups is 1. The van der Waals surface area contributed by atoms with Crippen molar-refractivity contribution in [2.75, 3.05) is 26.4 Å². The fourth-order valence-electron chi connectivity index (χ4n) is 6.31. The molecule has 2 saturated carbocycles. The molecule has 2 aromatic rings. The van der Waals surface area contributed by atoms with E-state index in [2.05, 4.69) is 4.99 Å². The molecule has 6 rings (SSSR count). The van der Waals surface area contributed by atoms with Crippen LogP contribution in [0.3, 0.4) is 0 Å². The Morgan fingerprint density at radius 2 is 1.13 bits per heavy atom. The number of benzene rings is 2. The first-order valence-electron chi connectivity index (χ1n) is 13.6. The molecule has 0 atom stereocenters. The lowest BCUT2D eigenvalue weighted by Crippen LogP contribution is -2.44. The SMILES string of the molecule is O=C(O)OC1(c2ccccc2)CCC2(CC1)OCCO2.O=C=NC1(c2ccccc2)CCC2(CC1)OCCO2. The van der Waals surface area contributed by atoms with E-state index in [-0.39, 0.29) is 0 Å². The number of ether oxygens (including phenoxy) is 5. The summed E-state index contributed by atoms with van der Waals surface area (Å²) in [6.45, 7) is 2.54. The van der Waals surface area contributed by atoms with E-state index in [0.717, 1.165) is 36.8 Å². The molecule has 2 aliphatic heterocycles. The Hall–Kier alpha value is -3.07. The van der Waals surface area contributed by atoms with Gasteiger partial charge in [0.1, 0.15) is 5.60 Å². The number of carboxylic acid groups (broad SMARTS) is 1. The molecule has 2 aliphatic carbocycles. The van der Waals surface area contributed by atoms with Crippen molar-refractivity contribution in [3.63, 3.8) is 0 Å². The van der Waals surface area contributed by atoms with Gasteiger partial charge in [-0.05, 0) is 36.8 Å². The molecule has 4 fully saturated rings. The minimum Gasteiger partial charge on any atom is -0.450 e. The molecule has 0 bridgehead atoms. The van der Waals surface area contributed by atoms with Gasteiger partial charge in [-0.25, -0.2) is 9.59 Å². The summed E-state index contributed by atoms with van der Waals surface area (Å²) in [7, 11) is 0. The summed E-state index contributed by atoms with van der Waals surface area (Å²) < 4.78 is 28.1. The van der Waals surface area contributed by atoms with Crippen molar-refractivity contribution in [2.24, 2.45) is 4.99 Å². The Morgan fingerprint density at radius 1 is 0.692 bits per heavy atom. The maximum Gasteiger partial charge on any atom is 0.506 e. The highest BCUT2D eigenvalue weighted by molar-refractivity contribution is 5.58. The van der Waals surface area contributed by atoms with Crippen molar-refractivity contribution >= 4 is 12.2 Å². The average molecular weight is 538 g/mol. The zero-order valence-electron chi connectivity index (χ0n) is 22.0. The lowest BCUT2D eigenvalue weighted by Gasteiger charge is -2.42. The summed E-state index contributed by atoms with van der Waals surface area (Å²) in [6.07, 6.45) is 6.01. The van der Waals surface area contributed by atoms with Crippen molar-refractivity contribution in [3.8, 4) is 0 Å². The fraction of sp³-hybridized carbons (Fsp3) is 0.533. The molecule has 9 nitrogen and oxygen atoms in total. The van der Waals surface area contributed by atoms with Crippen LogP contribution in [0.15, 0.2) is 65.7 Å². The van der Waals surface area contributed by atoms with Crippen molar-refractivity contribution in [3.05, 3.63) is 71.8 Å². The van der Waals surface area contributed by atoms with E-state index >= 15 is 0 Å². The topological polar surface area (TPSA) is 113 Å². The Kier molecular flexibility index (Phi) is 8.16. The molecule has 0 unspecified atom stereocenters. The van der Waals surface area contributed by atoms with Crippen LogP contribution in [-0.2, 0) is 39.6 Å². The minimum absolute atomic E-state index is 0.434. The normalized spacial score (nSPS) is 26.3. The standard InChI is InChI=1S/C15H17NO3.C15H18O5/c17-12-16-14(13-4-2-1-3-5-13)6-8-15(9-7-14)18-10-11-19-15;16-13(17)20-14(12-4-2-1-3-5-12)6-8-15(9-7-14)18-10-11-19-15/h1-5H,6-11H2;1-5H,6-11H2,(H,16,17). The van der Waals surface area contributed by atoms with Gasteiger partial charge in [0.15, 0.2) is 11.6 Å². The lowest BCUT2D eigenvalue weighted by molar-refractivity contribution is -0.206. The molecular weight excluding hydrogens is 502 g/mol. The van der Waals surface area contributed by atoms with Gasteiger partial charge < -0.3 is 28.8 Å². The first-order chi connectivity index (χ1) is 18.9. The second-order valence-electron chi connectivity index (χ2n) is 10.5. The predicted octanol–water partition coefficient (Wildman–Crippen LogP) is 5.43. The molecule has 39 heavy (non-hydrogen) atoms. The molecule has 2 heterocycles. The van der Waals surface area contributed by atoms with Crippen LogP contribution in [0.25, 0.3) is 0 Å². The quantitative estimate of drug-likeness (QED) is 0.312. The van der Waals surface area contributed by atoms with E-state index in [9.17, 15) is 9.59 Å². The zero-order valence-corrected chi connectivity index (χ0v) is 22.0. The Balaban J connectivity index is 0.000000158. The highest BCUT2D eigenvalue weighted by atomic mass is 16.7.